The first kappa shape index (κ1) is 19.1. The molecule has 0 bridgehead atoms. The van der Waals surface area contributed by atoms with Crippen molar-refractivity contribution in [2.45, 2.75) is 26.4 Å². The minimum absolute atomic E-state index is 0.0579. The molecule has 0 atom stereocenters. The van der Waals surface area contributed by atoms with Gasteiger partial charge >= 0.3 is 6.09 Å². The van der Waals surface area contributed by atoms with Gasteiger partial charge in [-0.25, -0.2) is 4.79 Å². The first-order valence-corrected chi connectivity index (χ1v) is 8.31. The van der Waals surface area contributed by atoms with E-state index in [1.54, 1.807) is 32.9 Å². The molecule has 1 fully saturated rings. The van der Waals surface area contributed by atoms with Crippen molar-refractivity contribution in [3.8, 4) is 0 Å². The molecule has 0 spiro atoms. The third-order valence-corrected chi connectivity index (χ3v) is 3.71. The third kappa shape index (κ3) is 5.99. The number of anilines is 1. The first-order chi connectivity index (χ1) is 11.8. The number of carbonyl (C=O) groups is 1. The first-order valence-electron chi connectivity index (χ1n) is 8.31. The molecule has 1 saturated heterocycles. The van der Waals surface area contributed by atoms with Crippen molar-refractivity contribution < 1.29 is 19.2 Å². The summed E-state index contributed by atoms with van der Waals surface area (Å²) < 4.78 is 10.8. The standard InChI is InChI=1S/C17H25N3O5/c1-17(2,3)25-16(21)19(8-7-18-9-11-24-12-10-18)14-5-4-6-15(13-14)20(22)23/h4-6,13H,7-12H2,1-3H3. The number of amides is 1. The van der Waals surface area contributed by atoms with E-state index in [1.165, 1.54) is 17.0 Å². The average Bonchev–Trinajstić information content (AvgIpc) is 2.54. The smallest absolute Gasteiger partial charge is 0.414 e. The van der Waals surface area contributed by atoms with Gasteiger partial charge in [0.15, 0.2) is 0 Å². The zero-order valence-electron chi connectivity index (χ0n) is 14.9. The molecule has 138 valence electrons. The molecule has 0 saturated carbocycles. The van der Waals surface area contributed by atoms with Crippen molar-refractivity contribution in [1.29, 1.82) is 0 Å². The molecular formula is C17H25N3O5. The molecule has 1 aliphatic rings. The summed E-state index contributed by atoms with van der Waals surface area (Å²) in [7, 11) is 0. The maximum Gasteiger partial charge on any atom is 0.414 e. The molecule has 1 aromatic carbocycles. The Morgan fingerprint density at radius 1 is 1.36 bits per heavy atom. The van der Waals surface area contributed by atoms with Crippen LogP contribution in [0.2, 0.25) is 0 Å². The monoisotopic (exact) mass is 351 g/mol. The normalized spacial score (nSPS) is 15.6. The molecule has 0 radical (unpaired) electrons. The van der Waals surface area contributed by atoms with Crippen molar-refractivity contribution in [1.82, 2.24) is 4.90 Å². The average molecular weight is 351 g/mol. The van der Waals surface area contributed by atoms with Gasteiger partial charge in [-0.15, -0.1) is 0 Å². The molecule has 0 unspecified atom stereocenters. The zero-order valence-corrected chi connectivity index (χ0v) is 14.9. The van der Waals surface area contributed by atoms with Crippen LogP contribution in [-0.2, 0) is 9.47 Å². The van der Waals surface area contributed by atoms with Crippen LogP contribution >= 0.6 is 0 Å². The second-order valence-corrected chi connectivity index (χ2v) is 6.86. The number of nitro benzene ring substituents is 1. The molecule has 0 aliphatic carbocycles. The number of rotatable bonds is 5. The van der Waals surface area contributed by atoms with Gasteiger partial charge in [-0.05, 0) is 26.8 Å². The summed E-state index contributed by atoms with van der Waals surface area (Å²) in [4.78, 5) is 26.8. The van der Waals surface area contributed by atoms with E-state index < -0.39 is 16.6 Å². The van der Waals surface area contributed by atoms with E-state index in [4.69, 9.17) is 9.47 Å². The maximum absolute atomic E-state index is 12.6. The quantitative estimate of drug-likeness (QED) is 0.599. The molecule has 0 N–H and O–H groups in total. The second kappa shape index (κ2) is 8.26. The summed E-state index contributed by atoms with van der Waals surface area (Å²) in [5, 5.41) is 11.0. The van der Waals surface area contributed by atoms with Gasteiger partial charge in [0.1, 0.15) is 5.60 Å². The van der Waals surface area contributed by atoms with E-state index >= 15 is 0 Å². The van der Waals surface area contributed by atoms with Crippen molar-refractivity contribution in [3.63, 3.8) is 0 Å². The van der Waals surface area contributed by atoms with Crippen LogP contribution in [0.4, 0.5) is 16.2 Å². The summed E-state index contributed by atoms with van der Waals surface area (Å²) in [6.07, 6.45) is -0.513. The minimum atomic E-state index is -0.644. The van der Waals surface area contributed by atoms with E-state index in [0.29, 0.717) is 32.0 Å². The molecule has 1 amide bonds. The van der Waals surface area contributed by atoms with Gasteiger partial charge in [-0.3, -0.25) is 19.9 Å². The van der Waals surface area contributed by atoms with Gasteiger partial charge in [0.25, 0.3) is 5.69 Å². The number of carbonyl (C=O) groups excluding carboxylic acids is 1. The van der Waals surface area contributed by atoms with Gasteiger partial charge in [0.2, 0.25) is 0 Å². The van der Waals surface area contributed by atoms with Gasteiger partial charge in [0, 0.05) is 38.3 Å². The van der Waals surface area contributed by atoms with Crippen molar-refractivity contribution in [3.05, 3.63) is 34.4 Å². The summed E-state index contributed by atoms with van der Waals surface area (Å²) in [6, 6.07) is 6.04. The Balaban J connectivity index is 2.17. The van der Waals surface area contributed by atoms with Gasteiger partial charge in [0.05, 0.1) is 23.8 Å². The Bertz CT molecular complexity index is 609. The highest BCUT2D eigenvalue weighted by molar-refractivity contribution is 5.88. The predicted octanol–water partition coefficient (Wildman–Crippen LogP) is 2.67. The van der Waals surface area contributed by atoms with Crippen LogP contribution in [0, 0.1) is 10.1 Å². The van der Waals surface area contributed by atoms with E-state index in [1.807, 2.05) is 0 Å². The molecule has 1 heterocycles. The highest BCUT2D eigenvalue weighted by Gasteiger charge is 2.25. The molecule has 2 rings (SSSR count). The number of hydrogen-bond donors (Lipinski definition) is 0. The summed E-state index contributed by atoms with van der Waals surface area (Å²) in [6.45, 7) is 9.34. The number of ether oxygens (including phenoxy) is 2. The summed E-state index contributed by atoms with van der Waals surface area (Å²) in [5.41, 5.74) is -0.246. The molecule has 1 aromatic rings. The fourth-order valence-electron chi connectivity index (χ4n) is 2.48. The number of non-ortho nitro benzene ring substituents is 1. The molecule has 0 aromatic heterocycles. The van der Waals surface area contributed by atoms with Crippen LogP contribution in [0.1, 0.15) is 20.8 Å². The fraction of sp³-hybridized carbons (Fsp3) is 0.588. The third-order valence-electron chi connectivity index (χ3n) is 3.71. The lowest BCUT2D eigenvalue weighted by molar-refractivity contribution is -0.384. The maximum atomic E-state index is 12.6. The van der Waals surface area contributed by atoms with Crippen molar-refractivity contribution in [2.24, 2.45) is 0 Å². The number of morpholine rings is 1. The molecule has 8 heteroatoms. The van der Waals surface area contributed by atoms with Crippen LogP contribution in [-0.4, -0.2) is 60.9 Å². The Morgan fingerprint density at radius 2 is 2.04 bits per heavy atom. The van der Waals surface area contributed by atoms with Crippen LogP contribution in [0.3, 0.4) is 0 Å². The molecular weight excluding hydrogens is 326 g/mol. The van der Waals surface area contributed by atoms with E-state index in [2.05, 4.69) is 4.90 Å². The SMILES string of the molecule is CC(C)(C)OC(=O)N(CCN1CCOCC1)c1cccc([N+](=O)[O-])c1. The van der Waals surface area contributed by atoms with Crippen LogP contribution in [0.15, 0.2) is 24.3 Å². The largest absolute Gasteiger partial charge is 0.443 e. The van der Waals surface area contributed by atoms with Crippen molar-refractivity contribution in [2.75, 3.05) is 44.3 Å². The lowest BCUT2D eigenvalue weighted by Crippen LogP contribution is -2.44. The number of nitro groups is 1. The highest BCUT2D eigenvalue weighted by Crippen LogP contribution is 2.23. The van der Waals surface area contributed by atoms with E-state index in [9.17, 15) is 14.9 Å². The second-order valence-electron chi connectivity index (χ2n) is 6.86. The molecule has 1 aliphatic heterocycles. The Morgan fingerprint density at radius 3 is 2.64 bits per heavy atom. The molecule has 25 heavy (non-hydrogen) atoms. The van der Waals surface area contributed by atoms with Gasteiger partial charge in [-0.1, -0.05) is 6.07 Å². The number of hydrogen-bond acceptors (Lipinski definition) is 6. The Kier molecular flexibility index (Phi) is 6.33. The topological polar surface area (TPSA) is 85.2 Å². The number of benzene rings is 1. The van der Waals surface area contributed by atoms with Crippen LogP contribution in [0.25, 0.3) is 0 Å². The van der Waals surface area contributed by atoms with E-state index in [0.717, 1.165) is 13.1 Å². The fourth-order valence-corrected chi connectivity index (χ4v) is 2.48. The van der Waals surface area contributed by atoms with Gasteiger partial charge in [-0.2, -0.15) is 0 Å². The zero-order chi connectivity index (χ0) is 18.4. The minimum Gasteiger partial charge on any atom is -0.443 e. The lowest BCUT2D eigenvalue weighted by Gasteiger charge is -2.31. The van der Waals surface area contributed by atoms with Gasteiger partial charge < -0.3 is 9.47 Å². The summed E-state index contributed by atoms with van der Waals surface area (Å²) in [5.74, 6) is 0. The van der Waals surface area contributed by atoms with E-state index in [-0.39, 0.29) is 5.69 Å². The highest BCUT2D eigenvalue weighted by atomic mass is 16.6. The number of nitrogens with zero attached hydrogens (tertiary/aromatic N) is 3. The lowest BCUT2D eigenvalue weighted by atomic mass is 10.2. The predicted molar refractivity (Wildman–Crippen MR) is 93.9 cm³/mol. The Hall–Kier alpha value is -2.19. The summed E-state index contributed by atoms with van der Waals surface area (Å²) >= 11 is 0. The van der Waals surface area contributed by atoms with Crippen LogP contribution < -0.4 is 4.90 Å². The van der Waals surface area contributed by atoms with Crippen LogP contribution in [0.5, 0.6) is 0 Å². The molecule has 8 nitrogen and oxygen atoms in total. The Labute approximate surface area is 147 Å². The van der Waals surface area contributed by atoms with Crippen molar-refractivity contribution >= 4 is 17.5 Å².